The van der Waals surface area contributed by atoms with E-state index in [9.17, 15) is 0 Å². The number of nitrogens with one attached hydrogen (secondary N) is 2. The molecule has 0 spiro atoms. The molecule has 1 saturated heterocycles. The Morgan fingerprint density at radius 3 is 1.92 bits per heavy atom. The summed E-state index contributed by atoms with van der Waals surface area (Å²) in [6, 6.07) is 0. The molecule has 0 aromatic rings. The highest BCUT2D eigenvalue weighted by Crippen LogP contribution is 2.15. The Balaban J connectivity index is 0.000000150. The standard InChI is InChI=1S/C6H14N2.C4H8/c1-7-6-4-2-3-5-8-6;1-2-4-3-1/h6-8H,2-5H2,1H3;1-4H2. The summed E-state index contributed by atoms with van der Waals surface area (Å²) in [5, 5.41) is 6.55. The normalized spacial score (nSPS) is 28.2. The van der Waals surface area contributed by atoms with Crippen LogP contribution in [0.3, 0.4) is 0 Å². The molecule has 2 N–H and O–H groups in total. The summed E-state index contributed by atoms with van der Waals surface area (Å²) in [5.41, 5.74) is 0. The van der Waals surface area contributed by atoms with Gasteiger partial charge in [0.25, 0.3) is 0 Å². The summed E-state index contributed by atoms with van der Waals surface area (Å²) >= 11 is 0. The molecular formula is C10H22N2. The lowest BCUT2D eigenvalue weighted by atomic mass is 10.0. The van der Waals surface area contributed by atoms with Gasteiger partial charge >= 0.3 is 0 Å². The van der Waals surface area contributed by atoms with E-state index < -0.39 is 0 Å². The van der Waals surface area contributed by atoms with Crippen molar-refractivity contribution < 1.29 is 0 Å². The third kappa shape index (κ3) is 4.07. The maximum atomic E-state index is 3.36. The molecule has 1 atom stereocenters. The van der Waals surface area contributed by atoms with E-state index in [1.165, 1.54) is 51.5 Å². The van der Waals surface area contributed by atoms with Gasteiger partial charge in [0.05, 0.1) is 6.17 Å². The molecule has 0 amide bonds. The zero-order valence-corrected chi connectivity index (χ0v) is 8.23. The smallest absolute Gasteiger partial charge is 0.0569 e. The minimum Gasteiger partial charge on any atom is -0.305 e. The predicted molar refractivity (Wildman–Crippen MR) is 53.2 cm³/mol. The average molecular weight is 170 g/mol. The van der Waals surface area contributed by atoms with Gasteiger partial charge in [0.15, 0.2) is 0 Å². The lowest BCUT2D eigenvalue weighted by Crippen LogP contribution is -2.43. The Hall–Kier alpha value is -0.0800. The van der Waals surface area contributed by atoms with Crippen molar-refractivity contribution in [2.45, 2.75) is 51.1 Å². The van der Waals surface area contributed by atoms with E-state index >= 15 is 0 Å². The van der Waals surface area contributed by atoms with Gasteiger partial charge < -0.3 is 10.6 Å². The zero-order chi connectivity index (χ0) is 8.65. The summed E-state index contributed by atoms with van der Waals surface area (Å²) in [7, 11) is 2.00. The molecule has 2 heteroatoms. The van der Waals surface area contributed by atoms with Crippen LogP contribution in [0.1, 0.15) is 44.9 Å². The van der Waals surface area contributed by atoms with Crippen molar-refractivity contribution >= 4 is 0 Å². The van der Waals surface area contributed by atoms with E-state index in [1.54, 1.807) is 0 Å². The van der Waals surface area contributed by atoms with Crippen LogP contribution in [0.5, 0.6) is 0 Å². The third-order valence-corrected chi connectivity index (χ3v) is 2.66. The Labute approximate surface area is 76.1 Å². The van der Waals surface area contributed by atoms with Crippen molar-refractivity contribution in [1.82, 2.24) is 10.6 Å². The average Bonchev–Trinajstić information content (AvgIpc) is 2.03. The maximum absolute atomic E-state index is 3.36. The summed E-state index contributed by atoms with van der Waals surface area (Å²) in [6.07, 6.45) is 10.6. The van der Waals surface area contributed by atoms with Crippen molar-refractivity contribution in [3.05, 3.63) is 0 Å². The number of hydrogen-bond acceptors (Lipinski definition) is 2. The SMILES string of the molecule is C1CCC1.CNC1CCCCN1. The molecule has 72 valence electrons. The molecule has 0 radical (unpaired) electrons. The van der Waals surface area contributed by atoms with Crippen molar-refractivity contribution in [3.63, 3.8) is 0 Å². The van der Waals surface area contributed by atoms with Gasteiger partial charge in [-0.05, 0) is 32.9 Å². The van der Waals surface area contributed by atoms with E-state index in [0.717, 1.165) is 0 Å². The van der Waals surface area contributed by atoms with Crippen LogP contribution < -0.4 is 10.6 Å². The van der Waals surface area contributed by atoms with Gasteiger partial charge in [-0.3, -0.25) is 0 Å². The minimum absolute atomic E-state index is 0.587. The summed E-state index contributed by atoms with van der Waals surface area (Å²) in [4.78, 5) is 0. The van der Waals surface area contributed by atoms with E-state index in [0.29, 0.717) is 6.17 Å². The van der Waals surface area contributed by atoms with Gasteiger partial charge in [-0.15, -0.1) is 0 Å². The van der Waals surface area contributed by atoms with Crippen LogP contribution in [0.4, 0.5) is 0 Å². The first-order chi connectivity index (χ1) is 5.93. The summed E-state index contributed by atoms with van der Waals surface area (Å²) < 4.78 is 0. The van der Waals surface area contributed by atoms with Crippen molar-refractivity contribution in [2.24, 2.45) is 0 Å². The van der Waals surface area contributed by atoms with Gasteiger partial charge in [0, 0.05) is 0 Å². The lowest BCUT2D eigenvalue weighted by molar-refractivity contribution is 0.363. The number of rotatable bonds is 1. The fourth-order valence-corrected chi connectivity index (χ4v) is 1.35. The molecule has 2 fully saturated rings. The highest BCUT2D eigenvalue weighted by molar-refractivity contribution is 4.67. The summed E-state index contributed by atoms with van der Waals surface area (Å²) in [6.45, 7) is 1.19. The predicted octanol–water partition coefficient (Wildman–Crippen LogP) is 1.87. The van der Waals surface area contributed by atoms with Crippen LogP contribution in [-0.4, -0.2) is 19.8 Å². The first-order valence-electron chi connectivity index (χ1n) is 5.34. The van der Waals surface area contributed by atoms with E-state index in [-0.39, 0.29) is 0 Å². The first kappa shape index (κ1) is 10.0. The Morgan fingerprint density at radius 1 is 1.00 bits per heavy atom. The minimum atomic E-state index is 0.587. The van der Waals surface area contributed by atoms with Crippen LogP contribution in [0.15, 0.2) is 0 Å². The van der Waals surface area contributed by atoms with Crippen LogP contribution in [0.25, 0.3) is 0 Å². The second kappa shape index (κ2) is 6.44. The van der Waals surface area contributed by atoms with Crippen molar-refractivity contribution in [3.8, 4) is 0 Å². The maximum Gasteiger partial charge on any atom is 0.0569 e. The molecule has 0 aromatic heterocycles. The van der Waals surface area contributed by atoms with Gasteiger partial charge in [-0.25, -0.2) is 0 Å². The van der Waals surface area contributed by atoms with Gasteiger partial charge in [0.2, 0.25) is 0 Å². The molecule has 1 unspecified atom stereocenters. The largest absolute Gasteiger partial charge is 0.305 e. The molecule has 12 heavy (non-hydrogen) atoms. The van der Waals surface area contributed by atoms with Crippen LogP contribution >= 0.6 is 0 Å². The van der Waals surface area contributed by atoms with Crippen LogP contribution in [0.2, 0.25) is 0 Å². The second-order valence-corrected chi connectivity index (χ2v) is 3.71. The molecule has 1 aliphatic heterocycles. The second-order valence-electron chi connectivity index (χ2n) is 3.71. The van der Waals surface area contributed by atoms with E-state index in [2.05, 4.69) is 10.6 Å². The molecule has 0 bridgehead atoms. The van der Waals surface area contributed by atoms with Crippen molar-refractivity contribution in [1.29, 1.82) is 0 Å². The molecule has 2 nitrogen and oxygen atoms in total. The van der Waals surface area contributed by atoms with Gasteiger partial charge in [-0.1, -0.05) is 25.7 Å². The quantitative estimate of drug-likeness (QED) is 0.628. The fourth-order valence-electron chi connectivity index (χ4n) is 1.35. The first-order valence-corrected chi connectivity index (χ1v) is 5.34. The zero-order valence-electron chi connectivity index (χ0n) is 8.23. The molecule has 2 rings (SSSR count). The number of hydrogen-bond donors (Lipinski definition) is 2. The van der Waals surface area contributed by atoms with E-state index in [1.807, 2.05) is 7.05 Å². The van der Waals surface area contributed by atoms with Crippen LogP contribution in [-0.2, 0) is 0 Å². The molecular weight excluding hydrogens is 148 g/mol. The monoisotopic (exact) mass is 170 g/mol. The third-order valence-electron chi connectivity index (χ3n) is 2.66. The van der Waals surface area contributed by atoms with Crippen LogP contribution in [0, 0.1) is 0 Å². The highest BCUT2D eigenvalue weighted by atomic mass is 15.1. The Kier molecular flexibility index (Phi) is 5.37. The van der Waals surface area contributed by atoms with Gasteiger partial charge in [0.1, 0.15) is 0 Å². The summed E-state index contributed by atoms with van der Waals surface area (Å²) in [5.74, 6) is 0. The molecule has 1 heterocycles. The number of piperidine rings is 1. The van der Waals surface area contributed by atoms with E-state index in [4.69, 9.17) is 0 Å². The highest BCUT2D eigenvalue weighted by Gasteiger charge is 2.07. The van der Waals surface area contributed by atoms with Gasteiger partial charge in [-0.2, -0.15) is 0 Å². The van der Waals surface area contributed by atoms with Crippen molar-refractivity contribution in [2.75, 3.05) is 13.6 Å². The Bertz CT molecular complexity index is 90.0. The molecule has 0 aromatic carbocycles. The molecule has 1 aliphatic carbocycles. The lowest BCUT2D eigenvalue weighted by Gasteiger charge is -2.22. The topological polar surface area (TPSA) is 24.1 Å². The Morgan fingerprint density at radius 2 is 1.67 bits per heavy atom. The fraction of sp³-hybridized carbons (Fsp3) is 1.00. The molecule has 1 saturated carbocycles. The molecule has 2 aliphatic rings.